The second kappa shape index (κ2) is 5.55. The van der Waals surface area contributed by atoms with Crippen molar-refractivity contribution in [2.45, 2.75) is 6.42 Å². The van der Waals surface area contributed by atoms with Gasteiger partial charge in [0.25, 0.3) is 0 Å². The third kappa shape index (κ3) is 3.22. The molecule has 2 rings (SSSR count). The van der Waals surface area contributed by atoms with Gasteiger partial charge in [-0.2, -0.15) is 4.39 Å². The second-order valence-corrected chi connectivity index (χ2v) is 4.68. The molecule has 0 amide bonds. The van der Waals surface area contributed by atoms with E-state index in [1.54, 1.807) is 12.1 Å². The molecule has 6 heteroatoms. The van der Waals surface area contributed by atoms with Gasteiger partial charge in [0.2, 0.25) is 5.95 Å². The van der Waals surface area contributed by atoms with Gasteiger partial charge in [0.05, 0.1) is 12.1 Å². The van der Waals surface area contributed by atoms with Gasteiger partial charge in [0, 0.05) is 21.2 Å². The van der Waals surface area contributed by atoms with E-state index >= 15 is 0 Å². The molecule has 0 unspecified atom stereocenters. The van der Waals surface area contributed by atoms with Crippen molar-refractivity contribution < 1.29 is 14.3 Å². The number of carboxylic acids is 1. The molecule has 0 aliphatic heterocycles. The first-order valence-corrected chi connectivity index (χ1v) is 6.05. The summed E-state index contributed by atoms with van der Waals surface area (Å²) in [6.45, 7) is 0. The van der Waals surface area contributed by atoms with Crippen molar-refractivity contribution in [3.05, 3.63) is 52.0 Å². The van der Waals surface area contributed by atoms with Crippen LogP contribution in [-0.2, 0) is 11.2 Å². The third-order valence-corrected chi connectivity index (χ3v) is 3.02. The molecule has 0 bridgehead atoms. The van der Waals surface area contributed by atoms with E-state index in [9.17, 15) is 9.18 Å². The van der Waals surface area contributed by atoms with Crippen molar-refractivity contribution in [3.63, 3.8) is 0 Å². The van der Waals surface area contributed by atoms with Crippen LogP contribution in [0.25, 0.3) is 11.1 Å². The number of hydrogen-bond acceptors (Lipinski definition) is 2. The Balaban J connectivity index is 2.46. The number of carbonyl (C=O) groups is 1. The van der Waals surface area contributed by atoms with E-state index in [1.165, 1.54) is 18.2 Å². The van der Waals surface area contributed by atoms with Gasteiger partial charge in [-0.15, -0.1) is 0 Å². The van der Waals surface area contributed by atoms with E-state index in [2.05, 4.69) is 4.98 Å². The number of benzene rings is 1. The first kappa shape index (κ1) is 13.8. The van der Waals surface area contributed by atoms with Gasteiger partial charge in [-0.05, 0) is 30.3 Å². The molecule has 0 atom stereocenters. The molecule has 2 aromatic rings. The van der Waals surface area contributed by atoms with E-state index in [0.717, 1.165) is 0 Å². The van der Waals surface area contributed by atoms with Gasteiger partial charge in [-0.3, -0.25) is 4.79 Å². The van der Waals surface area contributed by atoms with Gasteiger partial charge in [0.1, 0.15) is 0 Å². The molecule has 98 valence electrons. The smallest absolute Gasteiger partial charge is 0.309 e. The second-order valence-electron chi connectivity index (χ2n) is 3.84. The summed E-state index contributed by atoms with van der Waals surface area (Å²) < 4.78 is 13.9. The normalized spacial score (nSPS) is 10.5. The highest BCUT2D eigenvalue weighted by Gasteiger charge is 2.12. The fourth-order valence-electron chi connectivity index (χ4n) is 1.63. The molecule has 0 spiro atoms. The molecule has 3 nitrogen and oxygen atoms in total. The fourth-order valence-corrected chi connectivity index (χ4v) is 2.02. The van der Waals surface area contributed by atoms with E-state index in [1.807, 2.05) is 0 Å². The third-order valence-electron chi connectivity index (χ3n) is 2.46. The van der Waals surface area contributed by atoms with Crippen LogP contribution in [0.4, 0.5) is 4.39 Å². The fraction of sp³-hybridized carbons (Fsp3) is 0.0769. The number of nitrogens with zero attached hydrogens (tertiary/aromatic N) is 1. The van der Waals surface area contributed by atoms with Crippen molar-refractivity contribution in [1.29, 1.82) is 0 Å². The maximum Gasteiger partial charge on any atom is 0.309 e. The van der Waals surface area contributed by atoms with Gasteiger partial charge in [0.15, 0.2) is 0 Å². The summed E-state index contributed by atoms with van der Waals surface area (Å²) in [4.78, 5) is 14.1. The minimum absolute atomic E-state index is 0.145. The quantitative estimate of drug-likeness (QED) is 0.877. The standard InChI is InChI=1S/C13H8Cl2FNO2/c14-7-1-4-11(15)10(5-7)9-3-2-8(6-12(18)19)17-13(9)16/h1-5H,6H2,(H,18,19). The van der Waals surface area contributed by atoms with Crippen LogP contribution in [0.3, 0.4) is 0 Å². The highest BCUT2D eigenvalue weighted by molar-refractivity contribution is 6.35. The molecule has 0 fully saturated rings. The van der Waals surface area contributed by atoms with Gasteiger partial charge >= 0.3 is 5.97 Å². The first-order valence-electron chi connectivity index (χ1n) is 5.30. The van der Waals surface area contributed by atoms with Crippen LogP contribution in [0.1, 0.15) is 5.69 Å². The SMILES string of the molecule is O=C(O)Cc1ccc(-c2cc(Cl)ccc2Cl)c(F)n1. The average molecular weight is 300 g/mol. The van der Waals surface area contributed by atoms with Gasteiger partial charge < -0.3 is 5.11 Å². The minimum atomic E-state index is -1.07. The highest BCUT2D eigenvalue weighted by Crippen LogP contribution is 2.31. The van der Waals surface area contributed by atoms with E-state index in [4.69, 9.17) is 28.3 Å². The molecule has 0 radical (unpaired) electrons. The number of rotatable bonds is 3. The maximum atomic E-state index is 13.9. The van der Waals surface area contributed by atoms with E-state index < -0.39 is 11.9 Å². The Kier molecular flexibility index (Phi) is 4.02. The average Bonchev–Trinajstić information content (AvgIpc) is 2.32. The van der Waals surface area contributed by atoms with Crippen LogP contribution in [0, 0.1) is 5.95 Å². The lowest BCUT2D eigenvalue weighted by Crippen LogP contribution is -2.04. The molecular formula is C13H8Cl2FNO2. The van der Waals surface area contributed by atoms with Crippen LogP contribution in [0.5, 0.6) is 0 Å². The van der Waals surface area contributed by atoms with Crippen molar-refractivity contribution in [3.8, 4) is 11.1 Å². The molecule has 1 heterocycles. The summed E-state index contributed by atoms with van der Waals surface area (Å²) in [6, 6.07) is 7.57. The van der Waals surface area contributed by atoms with E-state index in [0.29, 0.717) is 15.6 Å². The van der Waals surface area contributed by atoms with E-state index in [-0.39, 0.29) is 17.7 Å². The number of pyridine rings is 1. The topological polar surface area (TPSA) is 50.2 Å². The lowest BCUT2D eigenvalue weighted by molar-refractivity contribution is -0.136. The van der Waals surface area contributed by atoms with Crippen LogP contribution in [-0.4, -0.2) is 16.1 Å². The molecule has 19 heavy (non-hydrogen) atoms. The van der Waals surface area contributed by atoms with Gasteiger partial charge in [-0.25, -0.2) is 4.98 Å². The predicted molar refractivity (Wildman–Crippen MR) is 71.0 cm³/mol. The molecule has 1 aromatic carbocycles. The predicted octanol–water partition coefficient (Wildman–Crippen LogP) is 3.82. The van der Waals surface area contributed by atoms with Crippen LogP contribution in [0.15, 0.2) is 30.3 Å². The molecule has 0 aliphatic rings. The highest BCUT2D eigenvalue weighted by atomic mass is 35.5. The number of halogens is 3. The van der Waals surface area contributed by atoms with Crippen molar-refractivity contribution in [1.82, 2.24) is 4.98 Å². The Morgan fingerprint density at radius 1 is 1.21 bits per heavy atom. The summed E-state index contributed by atoms with van der Waals surface area (Å²) in [6.07, 6.45) is -0.333. The molecule has 1 aromatic heterocycles. The van der Waals surface area contributed by atoms with Crippen molar-refractivity contribution in [2.75, 3.05) is 0 Å². The summed E-state index contributed by atoms with van der Waals surface area (Å²) in [5.74, 6) is -1.84. The summed E-state index contributed by atoms with van der Waals surface area (Å²) in [5, 5.41) is 9.39. The Hall–Kier alpha value is -1.65. The largest absolute Gasteiger partial charge is 0.481 e. The first-order chi connectivity index (χ1) is 8.97. The van der Waals surface area contributed by atoms with Crippen molar-refractivity contribution in [2.24, 2.45) is 0 Å². The number of carboxylic acid groups (broad SMARTS) is 1. The Bertz CT molecular complexity index is 647. The van der Waals surface area contributed by atoms with Crippen LogP contribution in [0.2, 0.25) is 10.0 Å². The molecule has 0 saturated carbocycles. The minimum Gasteiger partial charge on any atom is -0.481 e. The summed E-state index contributed by atoms with van der Waals surface area (Å²) in [5.41, 5.74) is 0.745. The zero-order valence-electron chi connectivity index (χ0n) is 9.53. The maximum absolute atomic E-state index is 13.9. The lowest BCUT2D eigenvalue weighted by atomic mass is 10.1. The number of aromatic nitrogens is 1. The zero-order chi connectivity index (χ0) is 14.0. The van der Waals surface area contributed by atoms with Gasteiger partial charge in [-0.1, -0.05) is 23.2 Å². The van der Waals surface area contributed by atoms with Crippen LogP contribution >= 0.6 is 23.2 Å². The Labute approximate surface area is 118 Å². The van der Waals surface area contributed by atoms with Crippen LogP contribution < -0.4 is 0 Å². The zero-order valence-corrected chi connectivity index (χ0v) is 11.0. The van der Waals surface area contributed by atoms with Crippen molar-refractivity contribution >= 4 is 29.2 Å². The Morgan fingerprint density at radius 2 is 1.95 bits per heavy atom. The summed E-state index contributed by atoms with van der Waals surface area (Å²) >= 11 is 11.8. The summed E-state index contributed by atoms with van der Waals surface area (Å²) in [7, 11) is 0. The molecule has 0 saturated heterocycles. The lowest BCUT2D eigenvalue weighted by Gasteiger charge is -2.07. The Morgan fingerprint density at radius 3 is 2.58 bits per heavy atom. The molecular weight excluding hydrogens is 292 g/mol. The monoisotopic (exact) mass is 299 g/mol. The number of hydrogen-bond donors (Lipinski definition) is 1. The molecule has 0 aliphatic carbocycles. The number of aliphatic carboxylic acids is 1. The molecule has 1 N–H and O–H groups in total.